The Hall–Kier alpha value is -1.04. The van der Waals surface area contributed by atoms with Crippen LogP contribution >= 0.6 is 0 Å². The van der Waals surface area contributed by atoms with E-state index in [-0.39, 0.29) is 0 Å². The van der Waals surface area contributed by atoms with E-state index in [0.29, 0.717) is 10.8 Å². The zero-order valence-electron chi connectivity index (χ0n) is 21.0. The van der Waals surface area contributed by atoms with Crippen LogP contribution in [0.4, 0.5) is 0 Å². The first kappa shape index (κ1) is 21.3. The van der Waals surface area contributed by atoms with Crippen LogP contribution in [0.2, 0.25) is 0 Å². The number of benzene rings is 1. The van der Waals surface area contributed by atoms with E-state index < -0.39 is 0 Å². The lowest BCUT2D eigenvalue weighted by Crippen LogP contribution is -2.60. The molecule has 0 aromatic heterocycles. The minimum atomic E-state index is 0.502. The number of allylic oxidation sites excluding steroid dienone is 2. The van der Waals surface area contributed by atoms with Gasteiger partial charge in [0.05, 0.1) is 0 Å². The van der Waals surface area contributed by atoms with Crippen molar-refractivity contribution in [2.24, 2.45) is 29.1 Å². The van der Waals surface area contributed by atoms with E-state index in [4.69, 9.17) is 0 Å². The summed E-state index contributed by atoms with van der Waals surface area (Å²) in [6, 6.07) is 10.2. The van der Waals surface area contributed by atoms with Gasteiger partial charge in [-0.15, -0.1) is 0 Å². The van der Waals surface area contributed by atoms with Crippen LogP contribution in [0.15, 0.2) is 35.9 Å². The van der Waals surface area contributed by atoms with Gasteiger partial charge in [-0.1, -0.05) is 74.4 Å². The van der Waals surface area contributed by atoms with Crippen molar-refractivity contribution in [1.29, 1.82) is 0 Å². The molecule has 0 heterocycles. The van der Waals surface area contributed by atoms with E-state index in [1.54, 1.807) is 0 Å². The fourth-order valence-corrected chi connectivity index (χ4v) is 10.8. The first-order chi connectivity index (χ1) is 16.4. The van der Waals surface area contributed by atoms with Crippen LogP contribution in [0.3, 0.4) is 0 Å². The summed E-state index contributed by atoms with van der Waals surface area (Å²) in [4.78, 5) is 0. The van der Waals surface area contributed by atoms with E-state index in [2.05, 4.69) is 30.3 Å². The van der Waals surface area contributed by atoms with E-state index in [1.165, 1.54) is 116 Å². The van der Waals surface area contributed by atoms with Crippen LogP contribution in [-0.2, 0) is 5.41 Å². The van der Waals surface area contributed by atoms with Crippen LogP contribution in [0.1, 0.15) is 133 Å². The summed E-state index contributed by atoms with van der Waals surface area (Å²) in [5.41, 5.74) is 6.67. The number of hydrogen-bond donors (Lipinski definition) is 0. The predicted molar refractivity (Wildman–Crippen MR) is 138 cm³/mol. The summed E-state index contributed by atoms with van der Waals surface area (Å²) in [5, 5.41) is 0. The Balaban J connectivity index is 1.54. The lowest BCUT2D eigenvalue weighted by atomic mass is 9.40. The van der Waals surface area contributed by atoms with Crippen LogP contribution in [0.5, 0.6) is 0 Å². The quantitative estimate of drug-likeness (QED) is 0.398. The highest BCUT2D eigenvalue weighted by atomic mass is 14.8. The molecular formula is C33H46. The van der Waals surface area contributed by atoms with Gasteiger partial charge in [-0.3, -0.25) is 0 Å². The SMILES string of the molecule is C1=C(C2c3ccccc3C(C3CCC3)(C3CC3)C2(C2CCCCC2)C2CCCC2)CCCC1. The highest BCUT2D eigenvalue weighted by Gasteiger charge is 2.74. The molecule has 0 heteroatoms. The van der Waals surface area contributed by atoms with Crippen LogP contribution in [0.25, 0.3) is 0 Å². The van der Waals surface area contributed by atoms with Gasteiger partial charge in [0.25, 0.3) is 0 Å². The average molecular weight is 443 g/mol. The Kier molecular flexibility index (Phi) is 5.33. The maximum atomic E-state index is 2.78. The number of hydrogen-bond acceptors (Lipinski definition) is 0. The third kappa shape index (κ3) is 2.88. The molecule has 0 amide bonds. The first-order valence-electron chi connectivity index (χ1n) is 15.2. The van der Waals surface area contributed by atoms with Gasteiger partial charge in [-0.05, 0) is 117 Å². The molecule has 6 aliphatic carbocycles. The highest BCUT2D eigenvalue weighted by Crippen LogP contribution is 2.80. The zero-order valence-corrected chi connectivity index (χ0v) is 21.0. The van der Waals surface area contributed by atoms with Crippen LogP contribution in [-0.4, -0.2) is 0 Å². The Labute approximate surface area is 203 Å². The highest BCUT2D eigenvalue weighted by molar-refractivity contribution is 5.55. The zero-order chi connectivity index (χ0) is 21.9. The second kappa shape index (κ2) is 8.27. The molecule has 178 valence electrons. The van der Waals surface area contributed by atoms with Crippen molar-refractivity contribution in [2.45, 2.75) is 127 Å². The maximum absolute atomic E-state index is 2.78. The van der Waals surface area contributed by atoms with Gasteiger partial charge in [0.1, 0.15) is 0 Å². The molecule has 7 rings (SSSR count). The smallest absolute Gasteiger partial charge is 0.0122 e. The lowest BCUT2D eigenvalue weighted by molar-refractivity contribution is -0.0971. The molecule has 0 nitrogen and oxygen atoms in total. The molecule has 0 radical (unpaired) electrons. The molecule has 0 aliphatic heterocycles. The van der Waals surface area contributed by atoms with Gasteiger partial charge in [-0.2, -0.15) is 0 Å². The lowest BCUT2D eigenvalue weighted by Gasteiger charge is -2.63. The van der Waals surface area contributed by atoms with Crippen molar-refractivity contribution in [2.75, 3.05) is 0 Å². The second-order valence-electron chi connectivity index (χ2n) is 13.1. The first-order valence-corrected chi connectivity index (χ1v) is 15.2. The average Bonchev–Trinajstić information content (AvgIpc) is 3.47. The van der Waals surface area contributed by atoms with Crippen LogP contribution < -0.4 is 0 Å². The minimum Gasteiger partial charge on any atom is -0.0847 e. The van der Waals surface area contributed by atoms with E-state index in [9.17, 15) is 0 Å². The van der Waals surface area contributed by atoms with E-state index in [1.807, 2.05) is 16.7 Å². The fraction of sp³-hybridized carbons (Fsp3) is 0.758. The molecule has 1 aromatic rings. The molecule has 0 saturated heterocycles. The van der Waals surface area contributed by atoms with Crippen LogP contribution in [0, 0.1) is 29.1 Å². The van der Waals surface area contributed by atoms with Gasteiger partial charge in [-0.25, -0.2) is 0 Å². The molecular weight excluding hydrogens is 396 g/mol. The minimum absolute atomic E-state index is 0.502. The molecule has 0 N–H and O–H groups in total. The monoisotopic (exact) mass is 442 g/mol. The summed E-state index contributed by atoms with van der Waals surface area (Å²) < 4.78 is 0. The predicted octanol–water partition coefficient (Wildman–Crippen LogP) is 9.49. The summed E-state index contributed by atoms with van der Waals surface area (Å²) in [7, 11) is 0. The van der Waals surface area contributed by atoms with Crippen molar-refractivity contribution in [3.63, 3.8) is 0 Å². The Morgan fingerprint density at radius 2 is 1.21 bits per heavy atom. The molecule has 4 fully saturated rings. The van der Waals surface area contributed by atoms with Gasteiger partial charge in [0.2, 0.25) is 0 Å². The van der Waals surface area contributed by atoms with Crippen molar-refractivity contribution in [1.82, 2.24) is 0 Å². The summed E-state index contributed by atoms with van der Waals surface area (Å²) in [6.07, 6.45) is 29.7. The van der Waals surface area contributed by atoms with Gasteiger partial charge in [0, 0.05) is 11.3 Å². The second-order valence-corrected chi connectivity index (χ2v) is 13.1. The normalized spacial score (nSPS) is 38.2. The molecule has 3 unspecified atom stereocenters. The van der Waals surface area contributed by atoms with E-state index in [0.717, 1.165) is 29.6 Å². The molecule has 1 aromatic carbocycles. The Morgan fingerprint density at radius 3 is 1.82 bits per heavy atom. The van der Waals surface area contributed by atoms with E-state index >= 15 is 0 Å². The summed E-state index contributed by atoms with van der Waals surface area (Å²) in [6.45, 7) is 0. The van der Waals surface area contributed by atoms with Gasteiger partial charge >= 0.3 is 0 Å². The largest absolute Gasteiger partial charge is 0.0847 e. The maximum Gasteiger partial charge on any atom is 0.0122 e. The Morgan fingerprint density at radius 1 is 0.576 bits per heavy atom. The third-order valence-electron chi connectivity index (χ3n) is 11.9. The molecule has 4 saturated carbocycles. The van der Waals surface area contributed by atoms with Crippen molar-refractivity contribution in [3.05, 3.63) is 47.0 Å². The number of rotatable bonds is 5. The summed E-state index contributed by atoms with van der Waals surface area (Å²) >= 11 is 0. The topological polar surface area (TPSA) is 0 Å². The molecule has 0 spiro atoms. The van der Waals surface area contributed by atoms with Gasteiger partial charge < -0.3 is 0 Å². The molecule has 6 aliphatic rings. The fourth-order valence-electron chi connectivity index (χ4n) is 10.8. The van der Waals surface area contributed by atoms with Crippen molar-refractivity contribution >= 4 is 0 Å². The molecule has 3 atom stereocenters. The molecule has 0 bridgehead atoms. The van der Waals surface area contributed by atoms with Crippen molar-refractivity contribution in [3.8, 4) is 0 Å². The summed E-state index contributed by atoms with van der Waals surface area (Å²) in [5.74, 6) is 4.66. The molecule has 33 heavy (non-hydrogen) atoms. The van der Waals surface area contributed by atoms with Crippen molar-refractivity contribution < 1.29 is 0 Å². The van der Waals surface area contributed by atoms with Gasteiger partial charge in [0.15, 0.2) is 0 Å². The third-order valence-corrected chi connectivity index (χ3v) is 11.9. The Bertz CT molecular complexity index is 888. The standard InChI is InChI=1S/C33H46/c1-3-12-24(13-4-1)31-29-20-9-10-21-30(29)32(28-22-23-28,25-18-11-19-25)33(31,27-16-7-8-17-27)26-14-5-2-6-15-26/h9-10,12,20-21,25-28,31H,1-8,11,13-19,22-23H2. The number of fused-ring (bicyclic) bond motifs is 1.